The normalized spacial score (nSPS) is 15.1. The lowest BCUT2D eigenvalue weighted by molar-refractivity contribution is -0.248. The van der Waals surface area contributed by atoms with Gasteiger partial charge in [-0.25, -0.2) is 4.98 Å². The van der Waals surface area contributed by atoms with E-state index in [1.807, 2.05) is 0 Å². The summed E-state index contributed by atoms with van der Waals surface area (Å²) in [6.07, 6.45) is -5.00. The van der Waals surface area contributed by atoms with Gasteiger partial charge in [-0.3, -0.25) is 5.10 Å². The van der Waals surface area contributed by atoms with E-state index in [1.54, 1.807) is 24.3 Å². The Labute approximate surface area is 126 Å². The molecule has 0 aliphatic carbocycles. The Morgan fingerprint density at radius 2 is 1.95 bits per heavy atom. The minimum atomic E-state index is -5.00. The van der Waals surface area contributed by atoms with Gasteiger partial charge in [-0.1, -0.05) is 12.1 Å². The van der Waals surface area contributed by atoms with E-state index in [4.69, 9.17) is 5.73 Å². The average Bonchev–Trinajstić information content (AvgIpc) is 3.01. The Balaban J connectivity index is 2.32. The zero-order valence-corrected chi connectivity index (χ0v) is 12.1. The number of nitrogens with one attached hydrogen (secondary N) is 1. The van der Waals surface area contributed by atoms with E-state index in [2.05, 4.69) is 15.2 Å². The number of nitrogen functional groups attached to an aromatic ring is 1. The number of anilines is 1. The van der Waals surface area contributed by atoms with E-state index >= 15 is 0 Å². The lowest BCUT2D eigenvalue weighted by Crippen LogP contribution is -2.44. The molecule has 0 unspecified atom stereocenters. The van der Waals surface area contributed by atoms with Crippen molar-refractivity contribution in [1.29, 1.82) is 0 Å². The zero-order valence-electron chi connectivity index (χ0n) is 11.3. The Hall–Kier alpha value is -2.13. The first-order valence-electron chi connectivity index (χ1n) is 6.21. The minimum absolute atomic E-state index is 0.0385. The van der Waals surface area contributed by atoms with Crippen LogP contribution in [0.3, 0.4) is 0 Å². The maximum absolute atomic E-state index is 13.7. The van der Waals surface area contributed by atoms with Crippen molar-refractivity contribution in [2.45, 2.75) is 18.7 Å². The van der Waals surface area contributed by atoms with Crippen LogP contribution in [0.15, 0.2) is 24.3 Å². The molecule has 22 heavy (non-hydrogen) atoms. The van der Waals surface area contributed by atoms with E-state index in [0.29, 0.717) is 10.2 Å². The number of fused-ring (bicyclic) bond motifs is 1. The Morgan fingerprint density at radius 3 is 2.50 bits per heavy atom. The van der Waals surface area contributed by atoms with Crippen LogP contribution in [-0.4, -0.2) is 26.5 Å². The zero-order chi connectivity index (χ0) is 16.1. The van der Waals surface area contributed by atoms with Crippen LogP contribution in [0.1, 0.15) is 16.3 Å². The number of aromatic amines is 1. The predicted molar refractivity (Wildman–Crippen MR) is 76.4 cm³/mol. The van der Waals surface area contributed by atoms with Crippen molar-refractivity contribution in [3.63, 3.8) is 0 Å². The molecule has 2 aromatic heterocycles. The number of para-hydroxylation sites is 1. The lowest BCUT2D eigenvalue weighted by Gasteiger charge is -2.28. The molecule has 0 bridgehead atoms. The number of H-pyrrole nitrogens is 1. The largest absolute Gasteiger partial charge is 0.428 e. The molecule has 3 aromatic rings. The summed E-state index contributed by atoms with van der Waals surface area (Å²) in [4.78, 5) is 3.94. The fourth-order valence-corrected chi connectivity index (χ4v) is 3.38. The number of nitrogens with zero attached hydrogens (tertiary/aromatic N) is 2. The molecular formula is C13H11F3N4OS. The first kappa shape index (κ1) is 14.8. The highest BCUT2D eigenvalue weighted by Gasteiger charge is 2.60. The number of aromatic nitrogens is 3. The van der Waals surface area contributed by atoms with Crippen molar-refractivity contribution in [1.82, 2.24) is 15.2 Å². The van der Waals surface area contributed by atoms with Gasteiger partial charge in [0.1, 0.15) is 5.01 Å². The van der Waals surface area contributed by atoms with Gasteiger partial charge in [0.25, 0.3) is 0 Å². The summed E-state index contributed by atoms with van der Waals surface area (Å²) in [6.45, 7) is 1.36. The molecule has 116 valence electrons. The van der Waals surface area contributed by atoms with Gasteiger partial charge < -0.3 is 10.8 Å². The molecular weight excluding hydrogens is 317 g/mol. The van der Waals surface area contributed by atoms with Gasteiger partial charge in [0, 0.05) is 5.69 Å². The SMILES string of the molecule is Cc1[nH]nc(N)c1[C@@](O)(c1nc2ccccc2s1)C(F)(F)F. The number of hydrogen-bond donors (Lipinski definition) is 3. The maximum Gasteiger partial charge on any atom is 0.428 e. The fourth-order valence-electron chi connectivity index (χ4n) is 2.30. The topological polar surface area (TPSA) is 87.8 Å². The summed E-state index contributed by atoms with van der Waals surface area (Å²) < 4.78 is 41.5. The first-order valence-corrected chi connectivity index (χ1v) is 7.03. The molecule has 0 radical (unpaired) electrons. The molecule has 0 aliphatic heterocycles. The first-order chi connectivity index (χ1) is 10.2. The number of alkyl halides is 3. The second kappa shape index (κ2) is 4.68. The minimum Gasteiger partial charge on any atom is -0.382 e. The molecule has 0 saturated heterocycles. The highest BCUT2D eigenvalue weighted by atomic mass is 32.1. The number of benzene rings is 1. The van der Waals surface area contributed by atoms with Gasteiger partial charge in [0.2, 0.25) is 5.60 Å². The second-order valence-electron chi connectivity index (χ2n) is 4.80. The summed E-state index contributed by atoms with van der Waals surface area (Å²) in [5.74, 6) is -0.406. The van der Waals surface area contributed by atoms with Crippen LogP contribution in [-0.2, 0) is 5.60 Å². The number of aryl methyl sites for hydroxylation is 1. The van der Waals surface area contributed by atoms with E-state index in [1.165, 1.54) is 6.92 Å². The summed E-state index contributed by atoms with van der Waals surface area (Å²) in [5, 5.41) is 15.9. The Morgan fingerprint density at radius 1 is 1.27 bits per heavy atom. The van der Waals surface area contributed by atoms with Crippen LogP contribution in [0.5, 0.6) is 0 Å². The summed E-state index contributed by atoms with van der Waals surface area (Å²) >= 11 is 0.768. The molecule has 3 rings (SSSR count). The van der Waals surface area contributed by atoms with Gasteiger partial charge in [0.05, 0.1) is 15.8 Å². The molecule has 0 saturated carbocycles. The van der Waals surface area contributed by atoms with Gasteiger partial charge in [0.15, 0.2) is 5.82 Å². The number of thiazole rings is 1. The molecule has 2 heterocycles. The number of halogens is 3. The molecule has 0 fully saturated rings. The number of hydrogen-bond acceptors (Lipinski definition) is 5. The quantitative estimate of drug-likeness (QED) is 0.675. The third-order valence-corrected chi connectivity index (χ3v) is 4.50. The lowest BCUT2D eigenvalue weighted by atomic mass is 9.93. The third-order valence-electron chi connectivity index (χ3n) is 3.35. The van der Waals surface area contributed by atoms with Crippen LogP contribution in [0.25, 0.3) is 10.2 Å². The van der Waals surface area contributed by atoms with Crippen LogP contribution in [0.2, 0.25) is 0 Å². The Bertz CT molecular complexity index is 789. The molecule has 4 N–H and O–H groups in total. The summed E-state index contributed by atoms with van der Waals surface area (Å²) in [5.41, 5.74) is 2.13. The highest BCUT2D eigenvalue weighted by molar-refractivity contribution is 7.18. The highest BCUT2D eigenvalue weighted by Crippen LogP contribution is 2.48. The van der Waals surface area contributed by atoms with Crippen molar-refractivity contribution in [3.8, 4) is 0 Å². The smallest absolute Gasteiger partial charge is 0.382 e. The molecule has 1 atom stereocenters. The fraction of sp³-hybridized carbons (Fsp3) is 0.231. The number of nitrogens with two attached hydrogens (primary N) is 1. The maximum atomic E-state index is 13.7. The van der Waals surface area contributed by atoms with E-state index in [-0.39, 0.29) is 5.69 Å². The van der Waals surface area contributed by atoms with Gasteiger partial charge in [-0.2, -0.15) is 18.3 Å². The third kappa shape index (κ3) is 1.97. The van der Waals surface area contributed by atoms with Crippen molar-refractivity contribution >= 4 is 27.4 Å². The van der Waals surface area contributed by atoms with Gasteiger partial charge >= 0.3 is 6.18 Å². The van der Waals surface area contributed by atoms with Crippen molar-refractivity contribution in [2.24, 2.45) is 0 Å². The van der Waals surface area contributed by atoms with Crippen LogP contribution < -0.4 is 5.73 Å². The monoisotopic (exact) mass is 328 g/mol. The summed E-state index contributed by atoms with van der Waals surface area (Å²) in [6, 6.07) is 6.57. The Kier molecular flexibility index (Phi) is 3.15. The van der Waals surface area contributed by atoms with Crippen LogP contribution in [0.4, 0.5) is 19.0 Å². The number of rotatable bonds is 2. The van der Waals surface area contributed by atoms with E-state index < -0.39 is 28.2 Å². The molecule has 9 heteroatoms. The van der Waals surface area contributed by atoms with Crippen LogP contribution in [0, 0.1) is 6.92 Å². The predicted octanol–water partition coefficient (Wildman–Crippen LogP) is 2.71. The second-order valence-corrected chi connectivity index (χ2v) is 5.83. The molecule has 5 nitrogen and oxygen atoms in total. The molecule has 0 amide bonds. The van der Waals surface area contributed by atoms with Gasteiger partial charge in [-0.05, 0) is 19.1 Å². The van der Waals surface area contributed by atoms with Crippen molar-refractivity contribution in [2.75, 3.05) is 5.73 Å². The number of aliphatic hydroxyl groups is 1. The average molecular weight is 328 g/mol. The molecule has 0 aliphatic rings. The van der Waals surface area contributed by atoms with E-state index in [9.17, 15) is 18.3 Å². The standard InChI is InChI=1S/C13H11F3N4OS/c1-6-9(10(17)20-19-6)12(21,13(14,15)16)11-18-7-4-2-3-5-8(7)22-11/h2-5,21H,1H3,(H3,17,19,20)/t12-/m1/s1. The van der Waals surface area contributed by atoms with Crippen molar-refractivity contribution in [3.05, 3.63) is 40.5 Å². The van der Waals surface area contributed by atoms with Crippen LogP contribution >= 0.6 is 11.3 Å². The van der Waals surface area contributed by atoms with Gasteiger partial charge in [-0.15, -0.1) is 11.3 Å². The summed E-state index contributed by atoms with van der Waals surface area (Å²) in [7, 11) is 0. The molecule has 0 spiro atoms. The van der Waals surface area contributed by atoms with Crippen molar-refractivity contribution < 1.29 is 18.3 Å². The van der Waals surface area contributed by atoms with E-state index in [0.717, 1.165) is 11.3 Å². The molecule has 1 aromatic carbocycles.